The van der Waals surface area contributed by atoms with E-state index in [1.54, 1.807) is 13.2 Å². The van der Waals surface area contributed by atoms with E-state index in [0.717, 1.165) is 24.8 Å². The van der Waals surface area contributed by atoms with Gasteiger partial charge in [-0.15, -0.1) is 0 Å². The summed E-state index contributed by atoms with van der Waals surface area (Å²) in [5, 5.41) is 0. The number of amides is 1. The van der Waals surface area contributed by atoms with Crippen LogP contribution in [0.15, 0.2) is 30.3 Å². The lowest BCUT2D eigenvalue weighted by Gasteiger charge is -2.26. The van der Waals surface area contributed by atoms with E-state index in [-0.39, 0.29) is 11.9 Å². The third-order valence-electron chi connectivity index (χ3n) is 5.58. The van der Waals surface area contributed by atoms with E-state index in [1.807, 2.05) is 29.2 Å². The van der Waals surface area contributed by atoms with Crippen LogP contribution in [0.2, 0.25) is 0 Å². The number of carbonyl (C=O) groups is 1. The number of benzene rings is 2. The molecule has 0 aromatic heterocycles. The topological polar surface area (TPSA) is 92.5 Å². The quantitative estimate of drug-likeness (QED) is 0.601. The molecule has 2 N–H and O–H groups in total. The lowest BCUT2D eigenvalue weighted by atomic mass is 10.1. The molecule has 32 heavy (non-hydrogen) atoms. The van der Waals surface area contributed by atoms with Gasteiger partial charge in [0.15, 0.2) is 11.5 Å². The first-order valence-electron chi connectivity index (χ1n) is 10.7. The first kappa shape index (κ1) is 23.7. The van der Waals surface area contributed by atoms with E-state index < -0.39 is 0 Å². The van der Waals surface area contributed by atoms with E-state index >= 15 is 0 Å². The molecule has 1 atom stereocenters. The highest BCUT2D eigenvalue weighted by molar-refractivity contribution is 5.99. The number of likely N-dealkylation sites (tertiary alicyclic amines) is 1. The monoisotopic (exact) mass is 444 g/mol. The number of ether oxygens (including phenoxy) is 5. The zero-order chi connectivity index (χ0) is 23.1. The van der Waals surface area contributed by atoms with Gasteiger partial charge in [0.1, 0.15) is 5.75 Å². The normalized spacial score (nSPS) is 15.5. The molecule has 8 heteroatoms. The van der Waals surface area contributed by atoms with Gasteiger partial charge in [0, 0.05) is 19.7 Å². The molecule has 0 bridgehead atoms. The second-order valence-electron chi connectivity index (χ2n) is 7.56. The fourth-order valence-corrected chi connectivity index (χ4v) is 4.06. The number of methoxy groups -OCH3 is 4. The first-order valence-corrected chi connectivity index (χ1v) is 10.7. The maximum atomic E-state index is 13.5. The summed E-state index contributed by atoms with van der Waals surface area (Å²) in [6.45, 7) is 1.72. The minimum absolute atomic E-state index is 0.0183. The predicted octanol–water partition coefficient (Wildman–Crippen LogP) is 3.26. The lowest BCUT2D eigenvalue weighted by Crippen LogP contribution is -2.38. The third kappa shape index (κ3) is 4.92. The summed E-state index contributed by atoms with van der Waals surface area (Å²) in [5.74, 6) is 1.77. The highest BCUT2D eigenvalue weighted by Crippen LogP contribution is 2.48. The average Bonchev–Trinajstić information content (AvgIpc) is 3.27. The number of rotatable bonds is 10. The zero-order valence-electron chi connectivity index (χ0n) is 19.2. The summed E-state index contributed by atoms with van der Waals surface area (Å²) in [7, 11) is 6.17. The van der Waals surface area contributed by atoms with Gasteiger partial charge in [-0.25, -0.2) is 0 Å². The SMILES string of the molecule is COC[C@@H]1CCCN1C(=O)c1cc(Oc2ccc(CCN)cc2)c(OC)c(OC)c1OC. The average molecular weight is 445 g/mol. The Hall–Kier alpha value is -2.97. The maximum Gasteiger partial charge on any atom is 0.258 e. The number of nitrogens with two attached hydrogens (primary N) is 1. The fraction of sp³-hybridized carbons (Fsp3) is 0.458. The van der Waals surface area contributed by atoms with Crippen molar-refractivity contribution in [3.63, 3.8) is 0 Å². The standard InChI is InChI=1S/C24H32N2O6/c1-28-15-17-6-5-13-26(17)24(27)19-14-20(22(30-3)23(31-4)21(19)29-2)32-18-9-7-16(8-10-18)11-12-25/h7-10,14,17H,5-6,11-13,15,25H2,1-4H3/t17-/m0/s1. The number of hydrogen-bond acceptors (Lipinski definition) is 7. The van der Waals surface area contributed by atoms with Crippen LogP contribution in [0.1, 0.15) is 28.8 Å². The molecule has 1 fully saturated rings. The minimum atomic E-state index is -0.162. The summed E-state index contributed by atoms with van der Waals surface area (Å²) < 4.78 is 28.2. The van der Waals surface area contributed by atoms with Crippen LogP contribution in [0.25, 0.3) is 0 Å². The van der Waals surface area contributed by atoms with Crippen molar-refractivity contribution in [3.05, 3.63) is 41.5 Å². The largest absolute Gasteiger partial charge is 0.492 e. The van der Waals surface area contributed by atoms with Crippen LogP contribution >= 0.6 is 0 Å². The second-order valence-corrected chi connectivity index (χ2v) is 7.56. The van der Waals surface area contributed by atoms with Crippen molar-refractivity contribution in [2.75, 3.05) is 48.1 Å². The highest BCUT2D eigenvalue weighted by atomic mass is 16.5. The van der Waals surface area contributed by atoms with Crippen LogP contribution in [-0.2, 0) is 11.2 Å². The predicted molar refractivity (Wildman–Crippen MR) is 121 cm³/mol. The van der Waals surface area contributed by atoms with E-state index in [1.165, 1.54) is 21.3 Å². The molecule has 0 spiro atoms. The molecular weight excluding hydrogens is 412 g/mol. The summed E-state index contributed by atoms with van der Waals surface area (Å²) in [6.07, 6.45) is 2.61. The summed E-state index contributed by atoms with van der Waals surface area (Å²) >= 11 is 0. The van der Waals surface area contributed by atoms with Crippen LogP contribution in [0.3, 0.4) is 0 Å². The molecule has 3 rings (SSSR count). The van der Waals surface area contributed by atoms with Crippen molar-refractivity contribution in [1.29, 1.82) is 0 Å². The van der Waals surface area contributed by atoms with E-state index in [9.17, 15) is 4.79 Å². The van der Waals surface area contributed by atoms with Crippen molar-refractivity contribution < 1.29 is 28.5 Å². The molecule has 0 radical (unpaired) electrons. The minimum Gasteiger partial charge on any atom is -0.492 e. The molecule has 1 heterocycles. The molecule has 8 nitrogen and oxygen atoms in total. The van der Waals surface area contributed by atoms with Gasteiger partial charge in [-0.05, 0) is 43.5 Å². The van der Waals surface area contributed by atoms with Crippen LogP contribution in [-0.4, -0.2) is 65.0 Å². The molecule has 1 saturated heterocycles. The molecule has 2 aromatic rings. The summed E-state index contributed by atoms with van der Waals surface area (Å²) in [4.78, 5) is 15.3. The van der Waals surface area contributed by atoms with Gasteiger partial charge < -0.3 is 34.3 Å². The van der Waals surface area contributed by atoms with Gasteiger partial charge in [0.25, 0.3) is 5.91 Å². The van der Waals surface area contributed by atoms with Crippen molar-refractivity contribution in [2.45, 2.75) is 25.3 Å². The zero-order valence-corrected chi connectivity index (χ0v) is 19.2. The van der Waals surface area contributed by atoms with Crippen molar-refractivity contribution in [2.24, 2.45) is 5.73 Å². The number of nitrogens with zero attached hydrogens (tertiary/aromatic N) is 1. The Morgan fingerprint density at radius 1 is 1.03 bits per heavy atom. The highest BCUT2D eigenvalue weighted by Gasteiger charge is 2.34. The van der Waals surface area contributed by atoms with E-state index in [2.05, 4.69) is 0 Å². The third-order valence-corrected chi connectivity index (χ3v) is 5.58. The smallest absolute Gasteiger partial charge is 0.258 e. The Morgan fingerprint density at radius 3 is 2.31 bits per heavy atom. The van der Waals surface area contributed by atoms with Crippen molar-refractivity contribution >= 4 is 5.91 Å². The molecular formula is C24H32N2O6. The van der Waals surface area contributed by atoms with Crippen LogP contribution in [0.5, 0.6) is 28.7 Å². The Balaban J connectivity index is 2.02. The van der Waals surface area contributed by atoms with Gasteiger partial charge in [-0.3, -0.25) is 4.79 Å². The summed E-state index contributed by atoms with van der Waals surface area (Å²) in [5.41, 5.74) is 7.10. The van der Waals surface area contributed by atoms with Crippen LogP contribution in [0, 0.1) is 0 Å². The van der Waals surface area contributed by atoms with Crippen LogP contribution in [0.4, 0.5) is 0 Å². The maximum absolute atomic E-state index is 13.5. The molecule has 1 aliphatic rings. The Kier molecular flexibility index (Phi) is 8.19. The molecule has 1 amide bonds. The van der Waals surface area contributed by atoms with Gasteiger partial charge in [-0.2, -0.15) is 0 Å². The van der Waals surface area contributed by atoms with Crippen molar-refractivity contribution in [3.8, 4) is 28.7 Å². The van der Waals surface area contributed by atoms with Gasteiger partial charge in [0.05, 0.1) is 39.5 Å². The van der Waals surface area contributed by atoms with Gasteiger partial charge in [0.2, 0.25) is 11.5 Å². The number of hydrogen-bond donors (Lipinski definition) is 1. The van der Waals surface area contributed by atoms with Gasteiger partial charge >= 0.3 is 0 Å². The lowest BCUT2D eigenvalue weighted by molar-refractivity contribution is 0.0626. The molecule has 0 saturated carbocycles. The van der Waals surface area contributed by atoms with Gasteiger partial charge in [-0.1, -0.05) is 12.1 Å². The Labute approximate surface area is 189 Å². The molecule has 0 unspecified atom stereocenters. The van der Waals surface area contributed by atoms with E-state index in [0.29, 0.717) is 54.0 Å². The molecule has 0 aliphatic carbocycles. The second kappa shape index (κ2) is 11.1. The molecule has 1 aliphatic heterocycles. The first-order chi connectivity index (χ1) is 15.6. The van der Waals surface area contributed by atoms with Crippen molar-refractivity contribution in [1.82, 2.24) is 4.90 Å². The Bertz CT molecular complexity index is 916. The number of carbonyl (C=O) groups excluding carboxylic acids is 1. The van der Waals surface area contributed by atoms with E-state index in [4.69, 9.17) is 29.4 Å². The molecule has 2 aromatic carbocycles. The van der Waals surface area contributed by atoms with Crippen LogP contribution < -0.4 is 24.7 Å². The summed E-state index contributed by atoms with van der Waals surface area (Å²) in [6, 6.07) is 9.31. The Morgan fingerprint density at radius 2 is 1.72 bits per heavy atom. The molecule has 174 valence electrons. The fourth-order valence-electron chi connectivity index (χ4n) is 4.06.